The summed E-state index contributed by atoms with van der Waals surface area (Å²) >= 11 is 1.19. The molecule has 8 heteroatoms. The molecule has 2 amide bonds. The fourth-order valence-electron chi connectivity index (χ4n) is 3.41. The quantitative estimate of drug-likeness (QED) is 0.354. The van der Waals surface area contributed by atoms with E-state index in [0.717, 1.165) is 0 Å². The Bertz CT molecular complexity index is 1140. The minimum absolute atomic E-state index is 0.0663. The normalized spacial score (nSPS) is 14.5. The molecule has 1 aliphatic rings. The molecular weight excluding hydrogens is 390 g/mol. The van der Waals surface area contributed by atoms with Crippen LogP contribution in [0.4, 0.5) is 0 Å². The molecule has 4 rings (SSSR count). The minimum Gasteiger partial charge on any atom is -0.383 e. The molecule has 148 valence electrons. The van der Waals surface area contributed by atoms with Crippen LogP contribution in [-0.2, 0) is 4.74 Å². The molecule has 0 unspecified atom stereocenters. The van der Waals surface area contributed by atoms with Gasteiger partial charge in [-0.25, -0.2) is 4.98 Å². The lowest BCUT2D eigenvalue weighted by molar-refractivity contribution is 0.0684. The second kappa shape index (κ2) is 7.81. The van der Waals surface area contributed by atoms with E-state index in [1.54, 1.807) is 54.1 Å². The number of nitrogens with zero attached hydrogens (tertiary/aromatic N) is 3. The van der Waals surface area contributed by atoms with Crippen molar-refractivity contribution in [3.05, 3.63) is 70.0 Å². The lowest BCUT2D eigenvalue weighted by Crippen LogP contribution is -2.31. The van der Waals surface area contributed by atoms with Gasteiger partial charge in [-0.2, -0.15) is 0 Å². The van der Waals surface area contributed by atoms with Crippen molar-refractivity contribution in [1.82, 2.24) is 14.5 Å². The number of carbonyl (C=O) groups excluding carboxylic acids is 2. The Hall–Kier alpha value is -2.97. The van der Waals surface area contributed by atoms with Gasteiger partial charge < -0.3 is 4.74 Å². The van der Waals surface area contributed by atoms with Gasteiger partial charge >= 0.3 is 0 Å². The molecule has 0 fully saturated rings. The fraction of sp³-hybridized carbons (Fsp3) is 0.238. The van der Waals surface area contributed by atoms with Gasteiger partial charge in [0.25, 0.3) is 17.4 Å². The molecule has 29 heavy (non-hydrogen) atoms. The fourth-order valence-corrected chi connectivity index (χ4v) is 4.45. The number of imide groups is 1. The van der Waals surface area contributed by atoms with E-state index in [2.05, 4.69) is 4.98 Å². The Kier molecular flexibility index (Phi) is 5.21. The predicted octanol–water partition coefficient (Wildman–Crippen LogP) is 2.95. The van der Waals surface area contributed by atoms with Gasteiger partial charge in [0, 0.05) is 7.11 Å². The first kappa shape index (κ1) is 19.4. The third kappa shape index (κ3) is 3.34. The van der Waals surface area contributed by atoms with Gasteiger partial charge in [0.1, 0.15) is 0 Å². The largest absolute Gasteiger partial charge is 0.383 e. The van der Waals surface area contributed by atoms with Gasteiger partial charge in [-0.3, -0.25) is 23.9 Å². The molecule has 0 bridgehead atoms. The number of amides is 2. The number of aromatic nitrogens is 2. The zero-order valence-electron chi connectivity index (χ0n) is 16.0. The molecule has 3 aromatic rings. The van der Waals surface area contributed by atoms with E-state index >= 15 is 0 Å². The van der Waals surface area contributed by atoms with E-state index in [4.69, 9.17) is 4.74 Å². The summed E-state index contributed by atoms with van der Waals surface area (Å²) in [4.78, 5) is 44.1. The zero-order valence-corrected chi connectivity index (χ0v) is 16.8. The van der Waals surface area contributed by atoms with Crippen LogP contribution in [0.25, 0.3) is 10.9 Å². The summed E-state index contributed by atoms with van der Waals surface area (Å²) in [6, 6.07) is 13.6. The van der Waals surface area contributed by atoms with E-state index in [9.17, 15) is 14.4 Å². The highest BCUT2D eigenvalue weighted by atomic mass is 32.2. The second-order valence-corrected chi connectivity index (χ2v) is 7.66. The summed E-state index contributed by atoms with van der Waals surface area (Å²) < 4.78 is 6.78. The minimum atomic E-state index is -0.335. The molecule has 0 radical (unpaired) electrons. The average molecular weight is 409 g/mol. The van der Waals surface area contributed by atoms with Crippen molar-refractivity contribution < 1.29 is 14.3 Å². The lowest BCUT2D eigenvalue weighted by Gasteiger charge is -2.20. The number of carbonyl (C=O) groups is 2. The van der Waals surface area contributed by atoms with Gasteiger partial charge in [0.05, 0.1) is 40.6 Å². The first-order valence-electron chi connectivity index (χ1n) is 9.11. The smallest absolute Gasteiger partial charge is 0.262 e. The van der Waals surface area contributed by atoms with Crippen molar-refractivity contribution in [2.45, 2.75) is 18.1 Å². The van der Waals surface area contributed by atoms with Crippen LogP contribution in [0.3, 0.4) is 0 Å². The van der Waals surface area contributed by atoms with Crippen LogP contribution < -0.4 is 5.56 Å². The van der Waals surface area contributed by atoms with E-state index < -0.39 is 0 Å². The molecule has 0 saturated heterocycles. The molecule has 1 aliphatic heterocycles. The summed E-state index contributed by atoms with van der Waals surface area (Å²) in [7, 11) is 1.57. The maximum absolute atomic E-state index is 13.1. The summed E-state index contributed by atoms with van der Waals surface area (Å²) in [5, 5.41) is 0.954. The van der Waals surface area contributed by atoms with Crippen molar-refractivity contribution in [2.24, 2.45) is 0 Å². The molecule has 2 aromatic carbocycles. The van der Waals surface area contributed by atoms with E-state index in [-0.39, 0.29) is 29.3 Å². The molecule has 1 atom stereocenters. The zero-order chi connectivity index (χ0) is 20.5. The molecule has 7 nitrogen and oxygen atoms in total. The van der Waals surface area contributed by atoms with Gasteiger partial charge in [0.15, 0.2) is 5.16 Å². The van der Waals surface area contributed by atoms with E-state index in [1.807, 2.05) is 13.0 Å². The Labute approximate surface area is 171 Å². The Morgan fingerprint density at radius 2 is 1.62 bits per heavy atom. The van der Waals surface area contributed by atoms with Crippen LogP contribution in [0.2, 0.25) is 0 Å². The standard InChI is InChI=1S/C21H19N3O4S/c1-13(11-28-2)24-20(27)16-9-5-6-10-17(16)22-21(24)29-12-23-18(25)14-7-3-4-8-15(14)19(23)26/h3-10,13H,11-12H2,1-2H3/t13-/m1/s1. The molecule has 1 aromatic heterocycles. The maximum atomic E-state index is 13.1. The number of hydrogen-bond donors (Lipinski definition) is 0. The van der Waals surface area contributed by atoms with Gasteiger partial charge in [-0.05, 0) is 31.2 Å². The summed E-state index contributed by atoms with van der Waals surface area (Å²) in [6.45, 7) is 2.20. The summed E-state index contributed by atoms with van der Waals surface area (Å²) in [5.74, 6) is -0.605. The molecule has 0 aliphatic carbocycles. The highest BCUT2D eigenvalue weighted by Crippen LogP contribution is 2.27. The van der Waals surface area contributed by atoms with Crippen LogP contribution >= 0.6 is 11.8 Å². The number of ether oxygens (including phenoxy) is 1. The van der Waals surface area contributed by atoms with Crippen LogP contribution in [0.1, 0.15) is 33.7 Å². The number of rotatable bonds is 6. The second-order valence-electron chi connectivity index (χ2n) is 6.75. The number of benzene rings is 2. The van der Waals surface area contributed by atoms with Crippen molar-refractivity contribution >= 4 is 34.5 Å². The van der Waals surface area contributed by atoms with Gasteiger partial charge in [-0.1, -0.05) is 36.0 Å². The third-order valence-corrected chi connectivity index (χ3v) is 5.76. The Balaban J connectivity index is 1.69. The van der Waals surface area contributed by atoms with Gasteiger partial charge in [0.2, 0.25) is 0 Å². The molecule has 0 N–H and O–H groups in total. The van der Waals surface area contributed by atoms with Crippen LogP contribution in [0, 0.1) is 0 Å². The van der Waals surface area contributed by atoms with E-state index in [0.29, 0.717) is 33.8 Å². The van der Waals surface area contributed by atoms with Crippen molar-refractivity contribution in [1.29, 1.82) is 0 Å². The van der Waals surface area contributed by atoms with E-state index in [1.165, 1.54) is 16.7 Å². The first-order chi connectivity index (χ1) is 14.0. The van der Waals surface area contributed by atoms with Crippen molar-refractivity contribution in [2.75, 3.05) is 19.6 Å². The Morgan fingerprint density at radius 3 is 2.28 bits per heavy atom. The summed E-state index contributed by atoms with van der Waals surface area (Å²) in [6.07, 6.45) is 0. The van der Waals surface area contributed by atoms with Crippen LogP contribution in [0.15, 0.2) is 58.5 Å². The number of para-hydroxylation sites is 1. The monoisotopic (exact) mass is 409 g/mol. The lowest BCUT2D eigenvalue weighted by atomic mass is 10.1. The first-order valence-corrected chi connectivity index (χ1v) is 10.1. The molecule has 0 spiro atoms. The summed E-state index contributed by atoms with van der Waals surface area (Å²) in [5.41, 5.74) is 1.19. The topological polar surface area (TPSA) is 81.5 Å². The van der Waals surface area contributed by atoms with Crippen LogP contribution in [-0.4, -0.2) is 45.9 Å². The SMILES string of the molecule is COC[C@@H](C)n1c(SCN2C(=O)c3ccccc3C2=O)nc2ccccc2c1=O. The number of hydrogen-bond acceptors (Lipinski definition) is 6. The molecule has 2 heterocycles. The van der Waals surface area contributed by atoms with Crippen molar-refractivity contribution in [3.8, 4) is 0 Å². The number of fused-ring (bicyclic) bond motifs is 2. The number of thioether (sulfide) groups is 1. The predicted molar refractivity (Wildman–Crippen MR) is 110 cm³/mol. The van der Waals surface area contributed by atoms with Gasteiger partial charge in [-0.15, -0.1) is 0 Å². The highest BCUT2D eigenvalue weighted by molar-refractivity contribution is 7.99. The highest BCUT2D eigenvalue weighted by Gasteiger charge is 2.35. The third-order valence-electron chi connectivity index (χ3n) is 4.83. The Morgan fingerprint density at radius 1 is 1.00 bits per heavy atom. The number of methoxy groups -OCH3 is 1. The molecular formula is C21H19N3O4S. The van der Waals surface area contributed by atoms with Crippen LogP contribution in [0.5, 0.6) is 0 Å². The average Bonchev–Trinajstić information content (AvgIpc) is 2.97. The maximum Gasteiger partial charge on any atom is 0.262 e. The van der Waals surface area contributed by atoms with Crippen molar-refractivity contribution in [3.63, 3.8) is 0 Å². The molecule has 0 saturated carbocycles.